The van der Waals surface area contributed by atoms with Gasteiger partial charge in [0.1, 0.15) is 5.52 Å². The van der Waals surface area contributed by atoms with Gasteiger partial charge in [-0.15, -0.1) is 10.2 Å². The van der Waals surface area contributed by atoms with Gasteiger partial charge in [-0.3, -0.25) is 0 Å². The van der Waals surface area contributed by atoms with Crippen LogP contribution >= 0.6 is 0 Å². The van der Waals surface area contributed by atoms with Crippen LogP contribution in [0.4, 0.5) is 5.95 Å². The fourth-order valence-electron chi connectivity index (χ4n) is 1.86. The zero-order valence-electron chi connectivity index (χ0n) is 9.22. The van der Waals surface area contributed by atoms with Gasteiger partial charge in [-0.2, -0.15) is 0 Å². The van der Waals surface area contributed by atoms with Crippen molar-refractivity contribution in [3.8, 4) is 0 Å². The molecule has 1 aromatic heterocycles. The third-order valence-electron chi connectivity index (χ3n) is 3.05. The lowest BCUT2D eigenvalue weighted by Crippen LogP contribution is -2.19. The zero-order chi connectivity index (χ0) is 11.0. The molecule has 0 saturated heterocycles. The number of anilines is 1. The quantitative estimate of drug-likeness (QED) is 0.851. The normalized spacial score (nSPS) is 17.3. The third kappa shape index (κ3) is 1.83. The molecular formula is C12H14N4. The van der Waals surface area contributed by atoms with E-state index in [0.717, 1.165) is 17.0 Å². The molecule has 3 rings (SSSR count). The van der Waals surface area contributed by atoms with Gasteiger partial charge in [0.25, 0.3) is 0 Å². The Morgan fingerprint density at radius 3 is 2.69 bits per heavy atom. The standard InChI is InChI=1S/C12H14N4/c1-8(9-6-7-9)13-12-14-10-4-2-3-5-11(10)15-16-12/h2-5,8-9H,6-7H2,1H3,(H,13,14,16). The van der Waals surface area contributed by atoms with Gasteiger partial charge in [0, 0.05) is 6.04 Å². The molecule has 1 unspecified atom stereocenters. The van der Waals surface area contributed by atoms with E-state index in [4.69, 9.17) is 0 Å². The summed E-state index contributed by atoms with van der Waals surface area (Å²) in [5, 5.41) is 11.5. The molecule has 1 aliphatic carbocycles. The van der Waals surface area contributed by atoms with Crippen molar-refractivity contribution in [2.45, 2.75) is 25.8 Å². The Morgan fingerprint density at radius 2 is 1.94 bits per heavy atom. The van der Waals surface area contributed by atoms with Crippen LogP contribution in [0, 0.1) is 5.92 Å². The molecule has 0 radical (unpaired) electrons. The van der Waals surface area contributed by atoms with Crippen LogP contribution in [0.25, 0.3) is 11.0 Å². The van der Waals surface area contributed by atoms with E-state index in [1.54, 1.807) is 0 Å². The molecule has 1 saturated carbocycles. The molecule has 1 heterocycles. The molecule has 0 amide bonds. The summed E-state index contributed by atoms with van der Waals surface area (Å²) in [6, 6.07) is 8.23. The third-order valence-corrected chi connectivity index (χ3v) is 3.05. The predicted octanol–water partition coefficient (Wildman–Crippen LogP) is 2.24. The van der Waals surface area contributed by atoms with E-state index in [9.17, 15) is 0 Å². The van der Waals surface area contributed by atoms with Crippen molar-refractivity contribution in [3.63, 3.8) is 0 Å². The highest BCUT2D eigenvalue weighted by molar-refractivity contribution is 5.74. The lowest BCUT2D eigenvalue weighted by Gasteiger charge is -2.11. The molecule has 4 nitrogen and oxygen atoms in total. The Kier molecular flexibility index (Phi) is 2.20. The second kappa shape index (κ2) is 3.70. The molecule has 82 valence electrons. The minimum absolute atomic E-state index is 0.447. The summed E-state index contributed by atoms with van der Waals surface area (Å²) in [6.07, 6.45) is 2.63. The van der Waals surface area contributed by atoms with E-state index in [1.165, 1.54) is 12.8 Å². The maximum absolute atomic E-state index is 4.44. The van der Waals surface area contributed by atoms with Crippen LogP contribution in [0.15, 0.2) is 24.3 Å². The first-order valence-electron chi connectivity index (χ1n) is 5.69. The molecule has 4 heteroatoms. The Hall–Kier alpha value is -1.71. The minimum atomic E-state index is 0.447. The molecule has 0 spiro atoms. The van der Waals surface area contributed by atoms with Crippen LogP contribution < -0.4 is 5.32 Å². The van der Waals surface area contributed by atoms with E-state index in [0.29, 0.717) is 12.0 Å². The summed E-state index contributed by atoms with van der Waals surface area (Å²) >= 11 is 0. The van der Waals surface area contributed by atoms with E-state index in [1.807, 2.05) is 24.3 Å². The first-order valence-corrected chi connectivity index (χ1v) is 5.69. The molecule has 1 aliphatic rings. The van der Waals surface area contributed by atoms with E-state index < -0.39 is 0 Å². The Balaban J connectivity index is 1.86. The van der Waals surface area contributed by atoms with Crippen molar-refractivity contribution in [3.05, 3.63) is 24.3 Å². The average Bonchev–Trinajstić information content (AvgIpc) is 3.12. The summed E-state index contributed by atoms with van der Waals surface area (Å²) in [7, 11) is 0. The maximum Gasteiger partial charge on any atom is 0.243 e. The fourth-order valence-corrected chi connectivity index (χ4v) is 1.86. The number of nitrogens with zero attached hydrogens (tertiary/aromatic N) is 3. The number of hydrogen-bond acceptors (Lipinski definition) is 4. The van der Waals surface area contributed by atoms with Gasteiger partial charge in [0.2, 0.25) is 5.95 Å². The highest BCUT2D eigenvalue weighted by Gasteiger charge is 2.28. The molecule has 2 aromatic rings. The van der Waals surface area contributed by atoms with E-state index in [-0.39, 0.29) is 0 Å². The molecule has 0 bridgehead atoms. The SMILES string of the molecule is CC(Nc1nnc2ccccc2n1)C1CC1. The Bertz CT molecular complexity index is 507. The van der Waals surface area contributed by atoms with Gasteiger partial charge >= 0.3 is 0 Å². The van der Waals surface area contributed by atoms with Crippen molar-refractivity contribution in [1.82, 2.24) is 15.2 Å². The molecule has 1 N–H and O–H groups in total. The summed E-state index contributed by atoms with van der Waals surface area (Å²) in [4.78, 5) is 4.44. The summed E-state index contributed by atoms with van der Waals surface area (Å²) in [6.45, 7) is 2.18. The van der Waals surface area contributed by atoms with Gasteiger partial charge < -0.3 is 5.32 Å². The van der Waals surface area contributed by atoms with Crippen molar-refractivity contribution in [1.29, 1.82) is 0 Å². The number of rotatable bonds is 3. The summed E-state index contributed by atoms with van der Waals surface area (Å²) < 4.78 is 0. The molecule has 1 aromatic carbocycles. The van der Waals surface area contributed by atoms with Gasteiger partial charge in [0.05, 0.1) is 5.52 Å². The Labute approximate surface area is 94.1 Å². The summed E-state index contributed by atoms with van der Waals surface area (Å²) in [5.74, 6) is 1.42. The first-order chi connectivity index (χ1) is 7.83. The van der Waals surface area contributed by atoms with E-state index >= 15 is 0 Å². The number of hydrogen-bond donors (Lipinski definition) is 1. The number of benzene rings is 1. The van der Waals surface area contributed by atoms with Crippen molar-refractivity contribution < 1.29 is 0 Å². The molecule has 1 atom stereocenters. The highest BCUT2D eigenvalue weighted by Crippen LogP contribution is 2.33. The Morgan fingerprint density at radius 1 is 1.19 bits per heavy atom. The topological polar surface area (TPSA) is 50.7 Å². The van der Waals surface area contributed by atoms with Crippen LogP contribution in [0.2, 0.25) is 0 Å². The molecule has 1 fully saturated rings. The van der Waals surface area contributed by atoms with Crippen LogP contribution in [-0.4, -0.2) is 21.2 Å². The van der Waals surface area contributed by atoms with Crippen LogP contribution in [-0.2, 0) is 0 Å². The smallest absolute Gasteiger partial charge is 0.243 e. The molecule has 16 heavy (non-hydrogen) atoms. The lowest BCUT2D eigenvalue weighted by molar-refractivity contribution is 0.684. The largest absolute Gasteiger partial charge is 0.350 e. The summed E-state index contributed by atoms with van der Waals surface area (Å²) in [5.41, 5.74) is 1.73. The second-order valence-electron chi connectivity index (χ2n) is 4.39. The lowest BCUT2D eigenvalue weighted by atomic mass is 10.2. The maximum atomic E-state index is 4.44. The number of aromatic nitrogens is 3. The predicted molar refractivity (Wildman–Crippen MR) is 63.1 cm³/mol. The van der Waals surface area contributed by atoms with Crippen molar-refractivity contribution in [2.24, 2.45) is 5.92 Å². The second-order valence-corrected chi connectivity index (χ2v) is 4.39. The minimum Gasteiger partial charge on any atom is -0.350 e. The first kappa shape index (κ1) is 9.51. The monoisotopic (exact) mass is 214 g/mol. The van der Waals surface area contributed by atoms with Gasteiger partial charge in [-0.05, 0) is 37.8 Å². The van der Waals surface area contributed by atoms with Crippen LogP contribution in [0.5, 0.6) is 0 Å². The number of fused-ring (bicyclic) bond motifs is 1. The van der Waals surface area contributed by atoms with Gasteiger partial charge in [-0.1, -0.05) is 12.1 Å². The highest BCUT2D eigenvalue weighted by atomic mass is 15.2. The van der Waals surface area contributed by atoms with Crippen molar-refractivity contribution >= 4 is 17.0 Å². The zero-order valence-corrected chi connectivity index (χ0v) is 9.22. The number of para-hydroxylation sites is 1. The molecule has 0 aliphatic heterocycles. The van der Waals surface area contributed by atoms with Crippen LogP contribution in [0.1, 0.15) is 19.8 Å². The van der Waals surface area contributed by atoms with Gasteiger partial charge in [0.15, 0.2) is 0 Å². The van der Waals surface area contributed by atoms with Crippen molar-refractivity contribution in [2.75, 3.05) is 5.32 Å². The average molecular weight is 214 g/mol. The molecular weight excluding hydrogens is 200 g/mol. The number of nitrogens with one attached hydrogen (secondary N) is 1. The fraction of sp³-hybridized carbons (Fsp3) is 0.417. The van der Waals surface area contributed by atoms with E-state index in [2.05, 4.69) is 27.4 Å². The van der Waals surface area contributed by atoms with Gasteiger partial charge in [-0.25, -0.2) is 4.98 Å². The van der Waals surface area contributed by atoms with Crippen LogP contribution in [0.3, 0.4) is 0 Å².